The second kappa shape index (κ2) is 12.8. The van der Waals surface area contributed by atoms with Gasteiger partial charge < -0.3 is 25.2 Å². The lowest BCUT2D eigenvalue weighted by molar-refractivity contribution is -0.123. The Hall–Kier alpha value is -3.53. The summed E-state index contributed by atoms with van der Waals surface area (Å²) in [5, 5.41) is 15.6. The largest absolute Gasteiger partial charge is 0.456 e. The lowest BCUT2D eigenvalue weighted by Gasteiger charge is -2.18. The zero-order valence-corrected chi connectivity index (χ0v) is 20.2. The van der Waals surface area contributed by atoms with Crippen molar-refractivity contribution >= 4 is 23.4 Å². The van der Waals surface area contributed by atoms with Crippen molar-refractivity contribution in [3.05, 3.63) is 82.9 Å². The molecule has 3 aromatic rings. The number of nitrogens with zero attached hydrogens (tertiary/aromatic N) is 2. The third-order valence-corrected chi connectivity index (χ3v) is 5.41. The molecular weight excluding hydrogens is 472 g/mol. The molecule has 1 unspecified atom stereocenters. The zero-order valence-electron chi connectivity index (χ0n) is 19.4. The molecule has 0 fully saturated rings. The van der Waals surface area contributed by atoms with Gasteiger partial charge in [-0.05, 0) is 48.7 Å². The molecule has 0 aliphatic rings. The Morgan fingerprint density at radius 1 is 1.11 bits per heavy atom. The van der Waals surface area contributed by atoms with E-state index in [0.29, 0.717) is 35.1 Å². The van der Waals surface area contributed by atoms with Crippen LogP contribution in [0.3, 0.4) is 0 Å². The van der Waals surface area contributed by atoms with Crippen molar-refractivity contribution < 1.29 is 24.2 Å². The van der Waals surface area contributed by atoms with Gasteiger partial charge in [0, 0.05) is 32.7 Å². The number of carbonyl (C=O) groups is 2. The van der Waals surface area contributed by atoms with E-state index in [1.165, 1.54) is 25.8 Å². The maximum atomic E-state index is 12.7. The topological polar surface area (TPSA) is 123 Å². The monoisotopic (exact) mass is 498 g/mol. The van der Waals surface area contributed by atoms with Crippen molar-refractivity contribution in [3.8, 4) is 11.5 Å². The van der Waals surface area contributed by atoms with Crippen LogP contribution in [-0.4, -0.2) is 46.6 Å². The molecule has 3 rings (SSSR count). The number of hydrogen-bond acceptors (Lipinski definition) is 7. The molecule has 0 aliphatic heterocycles. The Balaban J connectivity index is 1.57. The van der Waals surface area contributed by atoms with Gasteiger partial charge in [-0.2, -0.15) is 0 Å². The molecule has 0 saturated carbocycles. The molecule has 2 amide bonds. The van der Waals surface area contributed by atoms with E-state index in [9.17, 15) is 14.7 Å². The van der Waals surface area contributed by atoms with Crippen LogP contribution in [0, 0.1) is 0 Å². The first-order valence-electron chi connectivity index (χ1n) is 10.9. The third-order valence-electron chi connectivity index (χ3n) is 5.11. The van der Waals surface area contributed by atoms with Gasteiger partial charge in [0.1, 0.15) is 23.9 Å². The highest BCUT2D eigenvalue weighted by molar-refractivity contribution is 6.32. The predicted molar refractivity (Wildman–Crippen MR) is 130 cm³/mol. The molecule has 2 atom stereocenters. The highest BCUT2D eigenvalue weighted by atomic mass is 35.5. The summed E-state index contributed by atoms with van der Waals surface area (Å²) >= 11 is 6.25. The Bertz CT molecular complexity index is 1130. The number of amides is 2. The van der Waals surface area contributed by atoms with Crippen LogP contribution in [0.4, 0.5) is 0 Å². The molecule has 1 heterocycles. The summed E-state index contributed by atoms with van der Waals surface area (Å²) in [6, 6.07) is 11.5. The summed E-state index contributed by atoms with van der Waals surface area (Å²) < 4.78 is 10.9. The van der Waals surface area contributed by atoms with Gasteiger partial charge in [-0.1, -0.05) is 29.8 Å². The van der Waals surface area contributed by atoms with Crippen LogP contribution in [0.15, 0.2) is 61.2 Å². The SMILES string of the molecule is COCC[C@H](NC(=O)c1cncnc1)C(=O)NCc1ccc(Oc2ccc(C(C)O)cc2Cl)cc1. The number of benzene rings is 2. The van der Waals surface area contributed by atoms with Crippen LogP contribution in [0.25, 0.3) is 0 Å². The molecule has 0 radical (unpaired) electrons. The summed E-state index contributed by atoms with van der Waals surface area (Å²) in [5.74, 6) is 0.265. The number of methoxy groups -OCH3 is 1. The van der Waals surface area contributed by atoms with E-state index in [-0.39, 0.29) is 18.0 Å². The minimum atomic E-state index is -0.781. The first-order chi connectivity index (χ1) is 16.9. The standard InChI is InChI=1S/C25H27ClN4O5/c1-16(31)18-5-8-23(21(26)11-18)35-20-6-3-17(4-7-20)12-29-25(33)22(9-10-34-2)30-24(32)19-13-27-15-28-14-19/h3-8,11,13-16,22,31H,9-10,12H2,1-2H3,(H,29,33)(H,30,32)/t16?,22-/m0/s1. The van der Waals surface area contributed by atoms with Gasteiger partial charge in [0.2, 0.25) is 5.91 Å². The van der Waals surface area contributed by atoms with E-state index < -0.39 is 18.1 Å². The van der Waals surface area contributed by atoms with Crippen LogP contribution >= 0.6 is 11.6 Å². The number of ether oxygens (including phenoxy) is 2. The van der Waals surface area contributed by atoms with Crippen molar-refractivity contribution in [3.63, 3.8) is 0 Å². The van der Waals surface area contributed by atoms with Crippen molar-refractivity contribution in [2.45, 2.75) is 32.0 Å². The van der Waals surface area contributed by atoms with E-state index in [0.717, 1.165) is 5.56 Å². The fourth-order valence-electron chi connectivity index (χ4n) is 3.14. The summed E-state index contributed by atoms with van der Waals surface area (Å²) in [6.07, 6.45) is 3.77. The molecule has 35 heavy (non-hydrogen) atoms. The van der Waals surface area contributed by atoms with Crippen molar-refractivity contribution in [2.24, 2.45) is 0 Å². The summed E-state index contributed by atoms with van der Waals surface area (Å²) in [7, 11) is 1.53. The van der Waals surface area contributed by atoms with E-state index in [4.69, 9.17) is 21.1 Å². The minimum Gasteiger partial charge on any atom is -0.456 e. The summed E-state index contributed by atoms with van der Waals surface area (Å²) in [5.41, 5.74) is 1.80. The molecule has 9 nitrogen and oxygen atoms in total. The third kappa shape index (κ3) is 7.74. The Morgan fingerprint density at radius 2 is 1.83 bits per heavy atom. The fraction of sp³-hybridized carbons (Fsp3) is 0.280. The van der Waals surface area contributed by atoms with E-state index in [1.807, 2.05) is 12.1 Å². The van der Waals surface area contributed by atoms with Gasteiger partial charge in [-0.15, -0.1) is 0 Å². The first kappa shape index (κ1) is 26.1. The van der Waals surface area contributed by atoms with Gasteiger partial charge >= 0.3 is 0 Å². The molecule has 0 aliphatic carbocycles. The van der Waals surface area contributed by atoms with Crippen molar-refractivity contribution in [1.82, 2.24) is 20.6 Å². The van der Waals surface area contributed by atoms with E-state index in [2.05, 4.69) is 20.6 Å². The minimum absolute atomic E-state index is 0.261. The number of rotatable bonds is 11. The summed E-state index contributed by atoms with van der Waals surface area (Å²) in [6.45, 7) is 2.23. The Labute approximate surface area is 208 Å². The highest BCUT2D eigenvalue weighted by Gasteiger charge is 2.21. The number of aromatic nitrogens is 2. The van der Waals surface area contributed by atoms with Gasteiger partial charge in [-0.25, -0.2) is 9.97 Å². The number of hydrogen-bond donors (Lipinski definition) is 3. The Kier molecular flexibility index (Phi) is 9.54. The lowest BCUT2D eigenvalue weighted by atomic mass is 10.1. The van der Waals surface area contributed by atoms with Gasteiger partial charge in [-0.3, -0.25) is 9.59 Å². The van der Waals surface area contributed by atoms with E-state index >= 15 is 0 Å². The van der Waals surface area contributed by atoms with Gasteiger partial charge in [0.25, 0.3) is 5.91 Å². The normalized spacial score (nSPS) is 12.5. The van der Waals surface area contributed by atoms with Crippen LogP contribution in [-0.2, 0) is 16.1 Å². The molecule has 3 N–H and O–H groups in total. The van der Waals surface area contributed by atoms with Crippen molar-refractivity contribution in [1.29, 1.82) is 0 Å². The second-order valence-electron chi connectivity index (χ2n) is 7.76. The van der Waals surface area contributed by atoms with Crippen LogP contribution in [0.5, 0.6) is 11.5 Å². The fourth-order valence-corrected chi connectivity index (χ4v) is 3.36. The predicted octanol–water partition coefficient (Wildman–Crippen LogP) is 3.43. The molecule has 0 spiro atoms. The van der Waals surface area contributed by atoms with E-state index in [1.54, 1.807) is 37.3 Å². The van der Waals surface area contributed by atoms with Gasteiger partial charge in [0.05, 0.1) is 16.7 Å². The molecule has 1 aromatic heterocycles. The maximum Gasteiger partial charge on any atom is 0.255 e. The van der Waals surface area contributed by atoms with Crippen LogP contribution in [0.1, 0.15) is 40.9 Å². The first-order valence-corrected chi connectivity index (χ1v) is 11.3. The number of aliphatic hydroxyl groups excluding tert-OH is 1. The number of aliphatic hydroxyl groups is 1. The highest BCUT2D eigenvalue weighted by Crippen LogP contribution is 2.31. The average Bonchev–Trinajstić information content (AvgIpc) is 2.87. The smallest absolute Gasteiger partial charge is 0.255 e. The second-order valence-corrected chi connectivity index (χ2v) is 8.17. The zero-order chi connectivity index (χ0) is 25.2. The molecule has 0 bridgehead atoms. The number of nitrogens with one attached hydrogen (secondary N) is 2. The number of carbonyl (C=O) groups excluding carboxylic acids is 2. The average molecular weight is 499 g/mol. The van der Waals surface area contributed by atoms with Crippen molar-refractivity contribution in [2.75, 3.05) is 13.7 Å². The molecule has 2 aromatic carbocycles. The summed E-state index contributed by atoms with van der Waals surface area (Å²) in [4.78, 5) is 32.8. The molecular formula is C25H27ClN4O5. The van der Waals surface area contributed by atoms with Gasteiger partial charge in [0.15, 0.2) is 0 Å². The quantitative estimate of drug-likeness (QED) is 0.370. The maximum absolute atomic E-state index is 12.7. The molecule has 0 saturated heterocycles. The molecule has 10 heteroatoms. The molecule has 184 valence electrons. The number of halogens is 1. The Morgan fingerprint density at radius 3 is 2.46 bits per heavy atom. The van der Waals surface area contributed by atoms with Crippen LogP contribution in [0.2, 0.25) is 5.02 Å². The lowest BCUT2D eigenvalue weighted by Crippen LogP contribution is -2.47. The van der Waals surface area contributed by atoms with Crippen LogP contribution < -0.4 is 15.4 Å².